The molecule has 19 heavy (non-hydrogen) atoms. The number of anilines is 2. The lowest BCUT2D eigenvalue weighted by Gasteiger charge is -2.35. The van der Waals surface area contributed by atoms with Gasteiger partial charge in [0.2, 0.25) is 0 Å². The van der Waals surface area contributed by atoms with Gasteiger partial charge in [-0.1, -0.05) is 18.2 Å². The number of hydrogen-bond donors (Lipinski definition) is 1. The van der Waals surface area contributed by atoms with Crippen LogP contribution in [0.1, 0.15) is 4.88 Å². The molecule has 0 radical (unpaired) electrons. The van der Waals surface area contributed by atoms with Crippen molar-refractivity contribution in [2.75, 3.05) is 36.0 Å². The van der Waals surface area contributed by atoms with Crippen LogP contribution in [0.25, 0.3) is 0 Å². The maximum atomic E-state index is 5.63. The fraction of sp³-hybridized carbons (Fsp3) is 0.357. The van der Waals surface area contributed by atoms with E-state index in [0.717, 1.165) is 36.2 Å². The first-order valence-corrected chi connectivity index (χ1v) is 7.38. The molecule has 2 N–H and O–H groups in total. The van der Waals surface area contributed by atoms with Gasteiger partial charge in [0, 0.05) is 49.5 Å². The molecule has 0 bridgehead atoms. The van der Waals surface area contributed by atoms with E-state index in [-0.39, 0.29) is 0 Å². The summed E-state index contributed by atoms with van der Waals surface area (Å²) >= 11 is 1.71. The van der Waals surface area contributed by atoms with Crippen molar-refractivity contribution in [3.8, 4) is 0 Å². The number of benzene rings is 1. The molecule has 2 aromatic rings. The fourth-order valence-electron chi connectivity index (χ4n) is 2.33. The van der Waals surface area contributed by atoms with E-state index >= 15 is 0 Å². The number of para-hydroxylation sites is 1. The minimum atomic E-state index is 0.585. The second kappa shape index (κ2) is 5.59. The standard InChI is InChI=1S/C14H18N4S/c15-10-13-11-16-14(19-13)18-8-6-17(7-9-18)12-4-2-1-3-5-12/h1-5,11H,6-10,15H2. The Morgan fingerprint density at radius 3 is 2.37 bits per heavy atom. The van der Waals surface area contributed by atoms with Crippen LogP contribution in [-0.2, 0) is 6.54 Å². The normalized spacial score (nSPS) is 15.8. The van der Waals surface area contributed by atoms with Gasteiger partial charge >= 0.3 is 0 Å². The van der Waals surface area contributed by atoms with Crippen molar-refractivity contribution < 1.29 is 0 Å². The number of thiazole rings is 1. The van der Waals surface area contributed by atoms with Gasteiger partial charge < -0.3 is 15.5 Å². The van der Waals surface area contributed by atoms with Crippen LogP contribution in [0.5, 0.6) is 0 Å². The topological polar surface area (TPSA) is 45.4 Å². The van der Waals surface area contributed by atoms with Gasteiger partial charge in [-0.25, -0.2) is 4.98 Å². The van der Waals surface area contributed by atoms with E-state index in [0.29, 0.717) is 6.54 Å². The molecule has 0 spiro atoms. The molecular formula is C14H18N4S. The summed E-state index contributed by atoms with van der Waals surface area (Å²) in [4.78, 5) is 10.4. The number of rotatable bonds is 3. The average molecular weight is 274 g/mol. The van der Waals surface area contributed by atoms with Crippen molar-refractivity contribution in [1.82, 2.24) is 4.98 Å². The lowest BCUT2D eigenvalue weighted by molar-refractivity contribution is 0.652. The quantitative estimate of drug-likeness (QED) is 0.929. The summed E-state index contributed by atoms with van der Waals surface area (Å²) in [7, 11) is 0. The minimum Gasteiger partial charge on any atom is -0.368 e. The zero-order chi connectivity index (χ0) is 13.1. The van der Waals surface area contributed by atoms with Gasteiger partial charge in [-0.05, 0) is 12.1 Å². The third kappa shape index (κ3) is 2.72. The Labute approximate surface area is 117 Å². The van der Waals surface area contributed by atoms with E-state index in [1.165, 1.54) is 5.69 Å². The SMILES string of the molecule is NCc1cnc(N2CCN(c3ccccc3)CC2)s1. The van der Waals surface area contributed by atoms with E-state index in [1.54, 1.807) is 11.3 Å². The first-order chi connectivity index (χ1) is 9.36. The van der Waals surface area contributed by atoms with Crippen LogP contribution < -0.4 is 15.5 Å². The van der Waals surface area contributed by atoms with Crippen LogP contribution in [0.3, 0.4) is 0 Å². The summed E-state index contributed by atoms with van der Waals surface area (Å²) in [5.74, 6) is 0. The Hall–Kier alpha value is -1.59. The Morgan fingerprint density at radius 2 is 1.74 bits per heavy atom. The molecule has 5 heteroatoms. The van der Waals surface area contributed by atoms with Crippen LogP contribution >= 0.6 is 11.3 Å². The van der Waals surface area contributed by atoms with Crippen molar-refractivity contribution in [2.45, 2.75) is 6.54 Å². The highest BCUT2D eigenvalue weighted by Gasteiger charge is 2.19. The smallest absolute Gasteiger partial charge is 0.185 e. The van der Waals surface area contributed by atoms with Gasteiger partial charge in [-0.15, -0.1) is 11.3 Å². The van der Waals surface area contributed by atoms with Gasteiger partial charge in [0.25, 0.3) is 0 Å². The first kappa shape index (κ1) is 12.4. The molecule has 1 aliphatic heterocycles. The largest absolute Gasteiger partial charge is 0.368 e. The van der Waals surface area contributed by atoms with Gasteiger partial charge in [-0.3, -0.25) is 0 Å². The predicted molar refractivity (Wildman–Crippen MR) is 80.9 cm³/mol. The maximum Gasteiger partial charge on any atom is 0.185 e. The molecule has 0 saturated carbocycles. The second-order valence-electron chi connectivity index (χ2n) is 4.62. The van der Waals surface area contributed by atoms with E-state index < -0.39 is 0 Å². The first-order valence-electron chi connectivity index (χ1n) is 6.56. The molecule has 1 saturated heterocycles. The predicted octanol–water partition coefficient (Wildman–Crippen LogP) is 1.93. The molecule has 1 aliphatic rings. The molecule has 2 heterocycles. The Balaban J connectivity index is 1.63. The fourth-order valence-corrected chi connectivity index (χ4v) is 3.17. The van der Waals surface area contributed by atoms with Crippen LogP contribution in [-0.4, -0.2) is 31.2 Å². The summed E-state index contributed by atoms with van der Waals surface area (Å²) in [6, 6.07) is 10.6. The molecule has 3 rings (SSSR count). The number of aromatic nitrogens is 1. The Morgan fingerprint density at radius 1 is 1.05 bits per heavy atom. The monoisotopic (exact) mass is 274 g/mol. The maximum absolute atomic E-state index is 5.63. The third-order valence-electron chi connectivity index (χ3n) is 3.41. The summed E-state index contributed by atoms with van der Waals surface area (Å²) in [5, 5.41) is 1.10. The molecule has 4 nitrogen and oxygen atoms in total. The van der Waals surface area contributed by atoms with E-state index in [1.807, 2.05) is 6.20 Å². The average Bonchev–Trinajstić information content (AvgIpc) is 2.97. The van der Waals surface area contributed by atoms with Crippen LogP contribution in [0.2, 0.25) is 0 Å². The van der Waals surface area contributed by atoms with Crippen LogP contribution in [0.4, 0.5) is 10.8 Å². The van der Waals surface area contributed by atoms with Crippen molar-refractivity contribution >= 4 is 22.2 Å². The number of piperazine rings is 1. The summed E-state index contributed by atoms with van der Waals surface area (Å²) < 4.78 is 0. The van der Waals surface area contributed by atoms with Crippen LogP contribution in [0.15, 0.2) is 36.5 Å². The molecule has 0 amide bonds. The molecular weight excluding hydrogens is 256 g/mol. The van der Waals surface area contributed by atoms with Crippen molar-refractivity contribution in [1.29, 1.82) is 0 Å². The van der Waals surface area contributed by atoms with E-state index in [2.05, 4.69) is 45.1 Å². The lowest BCUT2D eigenvalue weighted by atomic mass is 10.2. The summed E-state index contributed by atoms with van der Waals surface area (Å²) in [5.41, 5.74) is 6.94. The van der Waals surface area contributed by atoms with Gasteiger partial charge in [0.05, 0.1) is 0 Å². The molecule has 1 fully saturated rings. The highest BCUT2D eigenvalue weighted by molar-refractivity contribution is 7.15. The molecule has 0 aliphatic carbocycles. The summed E-state index contributed by atoms with van der Waals surface area (Å²) in [6.07, 6.45) is 1.89. The van der Waals surface area contributed by atoms with Gasteiger partial charge in [0.1, 0.15) is 0 Å². The minimum absolute atomic E-state index is 0.585. The van der Waals surface area contributed by atoms with Gasteiger partial charge in [-0.2, -0.15) is 0 Å². The second-order valence-corrected chi connectivity index (χ2v) is 5.72. The molecule has 100 valence electrons. The van der Waals surface area contributed by atoms with Crippen molar-refractivity contribution in [2.24, 2.45) is 5.73 Å². The highest BCUT2D eigenvalue weighted by atomic mass is 32.1. The molecule has 1 aromatic heterocycles. The Kier molecular flexibility index (Phi) is 3.66. The van der Waals surface area contributed by atoms with Crippen molar-refractivity contribution in [3.05, 3.63) is 41.4 Å². The lowest BCUT2D eigenvalue weighted by Crippen LogP contribution is -2.46. The summed E-state index contributed by atoms with van der Waals surface area (Å²) in [6.45, 7) is 4.71. The third-order valence-corrected chi connectivity index (χ3v) is 4.49. The van der Waals surface area contributed by atoms with Crippen molar-refractivity contribution in [3.63, 3.8) is 0 Å². The number of nitrogens with zero attached hydrogens (tertiary/aromatic N) is 3. The number of nitrogens with two attached hydrogens (primary N) is 1. The van der Waals surface area contributed by atoms with Gasteiger partial charge in [0.15, 0.2) is 5.13 Å². The van der Waals surface area contributed by atoms with E-state index in [4.69, 9.17) is 5.73 Å². The Bertz CT molecular complexity index is 517. The zero-order valence-corrected chi connectivity index (χ0v) is 11.6. The molecule has 0 unspecified atom stereocenters. The highest BCUT2D eigenvalue weighted by Crippen LogP contribution is 2.24. The van der Waals surface area contributed by atoms with Crippen LogP contribution in [0, 0.1) is 0 Å². The molecule has 1 aromatic carbocycles. The molecule has 0 atom stereocenters. The number of hydrogen-bond acceptors (Lipinski definition) is 5. The zero-order valence-electron chi connectivity index (χ0n) is 10.8. The van der Waals surface area contributed by atoms with E-state index in [9.17, 15) is 0 Å².